The molecule has 0 radical (unpaired) electrons. The van der Waals surface area contributed by atoms with Crippen LogP contribution in [0.1, 0.15) is 47.1 Å². The molecule has 1 rings (SSSR count). The lowest BCUT2D eigenvalue weighted by Gasteiger charge is -2.28. The second kappa shape index (κ2) is 4.28. The van der Waals surface area contributed by atoms with E-state index in [9.17, 15) is 8.78 Å². The number of hydrogen-bond donors (Lipinski definition) is 0. The Morgan fingerprint density at radius 1 is 0.941 bits per heavy atom. The Labute approximate surface area is 102 Å². The number of ether oxygens (including phenoxy) is 1. The summed E-state index contributed by atoms with van der Waals surface area (Å²) in [6, 6.07) is 2.73. The Balaban J connectivity index is 3.37. The largest absolute Gasteiger partial charge is 0.485 e. The summed E-state index contributed by atoms with van der Waals surface area (Å²) in [6.07, 6.45) is 0. The van der Waals surface area contributed by atoms with E-state index in [4.69, 9.17) is 4.74 Å². The van der Waals surface area contributed by atoms with Crippen LogP contribution in [0.3, 0.4) is 0 Å². The highest BCUT2D eigenvalue weighted by Crippen LogP contribution is 2.36. The van der Waals surface area contributed by atoms with Gasteiger partial charge in [-0.05, 0) is 32.3 Å². The number of hydrogen-bond acceptors (Lipinski definition) is 1. The van der Waals surface area contributed by atoms with Crippen molar-refractivity contribution in [1.82, 2.24) is 0 Å². The summed E-state index contributed by atoms with van der Waals surface area (Å²) in [6.45, 7) is 11.2. The van der Waals surface area contributed by atoms with Crippen molar-refractivity contribution in [3.63, 3.8) is 0 Å². The molecule has 0 aliphatic carbocycles. The minimum absolute atomic E-state index is 0.0185. The average molecular weight is 242 g/mol. The molecule has 0 spiro atoms. The van der Waals surface area contributed by atoms with Crippen LogP contribution >= 0.6 is 0 Å². The normalized spacial score (nSPS) is 12.7. The summed E-state index contributed by atoms with van der Waals surface area (Å²) < 4.78 is 32.6. The molecule has 0 heterocycles. The minimum Gasteiger partial charge on any atom is -0.485 e. The van der Waals surface area contributed by atoms with Gasteiger partial charge < -0.3 is 4.74 Å². The number of rotatable bonds is 1. The van der Waals surface area contributed by atoms with Crippen molar-refractivity contribution in [3.05, 3.63) is 29.3 Å². The van der Waals surface area contributed by atoms with Crippen LogP contribution in [-0.2, 0) is 5.41 Å². The van der Waals surface area contributed by atoms with Gasteiger partial charge in [0.15, 0.2) is 11.6 Å². The first kappa shape index (κ1) is 13.9. The standard InChI is InChI=1S/C14H20F2O/c1-13(2,3)9-7-8-10(15)11(16)12(9)17-14(4,5)6/h7-8H,1-6H3. The number of halogens is 2. The molecular formula is C14H20F2O. The maximum absolute atomic E-state index is 13.8. The van der Waals surface area contributed by atoms with E-state index < -0.39 is 17.2 Å². The third-order valence-corrected chi connectivity index (χ3v) is 2.27. The molecule has 0 saturated carbocycles. The fourth-order valence-corrected chi connectivity index (χ4v) is 1.53. The van der Waals surface area contributed by atoms with E-state index in [-0.39, 0.29) is 11.2 Å². The minimum atomic E-state index is -0.910. The van der Waals surface area contributed by atoms with E-state index >= 15 is 0 Å². The van der Waals surface area contributed by atoms with E-state index in [0.29, 0.717) is 5.56 Å². The van der Waals surface area contributed by atoms with Crippen LogP contribution in [0.4, 0.5) is 8.78 Å². The summed E-state index contributed by atoms with van der Waals surface area (Å²) in [4.78, 5) is 0. The summed E-state index contributed by atoms with van der Waals surface area (Å²) in [5, 5.41) is 0. The molecule has 3 heteroatoms. The van der Waals surface area contributed by atoms with Crippen LogP contribution in [-0.4, -0.2) is 5.60 Å². The maximum Gasteiger partial charge on any atom is 0.200 e. The summed E-state index contributed by atoms with van der Waals surface area (Å²) >= 11 is 0. The molecule has 17 heavy (non-hydrogen) atoms. The molecule has 0 aromatic heterocycles. The predicted molar refractivity (Wildman–Crippen MR) is 65.4 cm³/mol. The number of benzene rings is 1. The van der Waals surface area contributed by atoms with Crippen LogP contribution in [0.15, 0.2) is 12.1 Å². The second-order valence-corrected chi connectivity index (χ2v) is 6.20. The van der Waals surface area contributed by atoms with E-state index in [1.165, 1.54) is 0 Å². The molecule has 96 valence electrons. The molecule has 1 aromatic rings. The molecule has 0 fully saturated rings. The van der Waals surface area contributed by atoms with Crippen LogP contribution in [0.5, 0.6) is 5.75 Å². The molecule has 1 nitrogen and oxygen atoms in total. The molecule has 0 N–H and O–H groups in total. The summed E-state index contributed by atoms with van der Waals surface area (Å²) in [5.74, 6) is -1.77. The average Bonchev–Trinajstić information content (AvgIpc) is 2.08. The Morgan fingerprint density at radius 3 is 1.88 bits per heavy atom. The van der Waals surface area contributed by atoms with Crippen LogP contribution in [0, 0.1) is 11.6 Å². The molecule has 0 aliphatic rings. The third kappa shape index (κ3) is 3.42. The van der Waals surface area contributed by atoms with Crippen LogP contribution < -0.4 is 4.74 Å². The Kier molecular flexibility index (Phi) is 3.51. The maximum atomic E-state index is 13.8. The monoisotopic (exact) mass is 242 g/mol. The van der Waals surface area contributed by atoms with Gasteiger partial charge in [0.2, 0.25) is 5.82 Å². The highest BCUT2D eigenvalue weighted by Gasteiger charge is 2.26. The van der Waals surface area contributed by atoms with Gasteiger partial charge in [0.25, 0.3) is 0 Å². The molecule has 0 atom stereocenters. The summed E-state index contributed by atoms with van der Waals surface area (Å²) in [7, 11) is 0. The van der Waals surface area contributed by atoms with Crippen molar-refractivity contribution in [2.24, 2.45) is 0 Å². The zero-order valence-corrected chi connectivity index (χ0v) is 11.3. The van der Waals surface area contributed by atoms with E-state index in [2.05, 4.69) is 0 Å². The Hall–Kier alpha value is -1.12. The first-order chi connectivity index (χ1) is 7.52. The van der Waals surface area contributed by atoms with Gasteiger partial charge in [-0.3, -0.25) is 0 Å². The fraction of sp³-hybridized carbons (Fsp3) is 0.571. The van der Waals surface area contributed by atoms with Crippen LogP contribution in [0.2, 0.25) is 0 Å². The van der Waals surface area contributed by atoms with Gasteiger partial charge in [-0.2, -0.15) is 4.39 Å². The molecule has 0 bridgehead atoms. The first-order valence-electron chi connectivity index (χ1n) is 5.70. The molecule has 0 amide bonds. The second-order valence-electron chi connectivity index (χ2n) is 6.20. The quantitative estimate of drug-likeness (QED) is 0.707. The van der Waals surface area contributed by atoms with Crippen molar-refractivity contribution in [3.8, 4) is 5.75 Å². The molecule has 0 aliphatic heterocycles. The van der Waals surface area contributed by atoms with Crippen molar-refractivity contribution in [2.75, 3.05) is 0 Å². The predicted octanol–water partition coefficient (Wildman–Crippen LogP) is 4.44. The lowest BCUT2D eigenvalue weighted by Crippen LogP contribution is -2.26. The van der Waals surface area contributed by atoms with Gasteiger partial charge in [0.1, 0.15) is 5.60 Å². The zero-order chi connectivity index (χ0) is 13.4. The molecule has 0 unspecified atom stereocenters. The third-order valence-electron chi connectivity index (χ3n) is 2.27. The highest BCUT2D eigenvalue weighted by molar-refractivity contribution is 5.40. The van der Waals surface area contributed by atoms with Crippen molar-refractivity contribution in [1.29, 1.82) is 0 Å². The van der Waals surface area contributed by atoms with Crippen molar-refractivity contribution >= 4 is 0 Å². The lowest BCUT2D eigenvalue weighted by atomic mass is 9.86. The van der Waals surface area contributed by atoms with Gasteiger partial charge in [-0.15, -0.1) is 0 Å². The fourth-order valence-electron chi connectivity index (χ4n) is 1.53. The highest BCUT2D eigenvalue weighted by atomic mass is 19.2. The SMILES string of the molecule is CC(C)(C)Oc1c(C(C)(C)C)ccc(F)c1F. The molecule has 1 aromatic carbocycles. The zero-order valence-electron chi connectivity index (χ0n) is 11.3. The van der Waals surface area contributed by atoms with Gasteiger partial charge >= 0.3 is 0 Å². The lowest BCUT2D eigenvalue weighted by molar-refractivity contribution is 0.119. The smallest absolute Gasteiger partial charge is 0.200 e. The van der Waals surface area contributed by atoms with Crippen molar-refractivity contribution < 1.29 is 13.5 Å². The molecule has 0 saturated heterocycles. The van der Waals surface area contributed by atoms with E-state index in [0.717, 1.165) is 6.07 Å². The van der Waals surface area contributed by atoms with Gasteiger partial charge in [-0.1, -0.05) is 26.8 Å². The van der Waals surface area contributed by atoms with Gasteiger partial charge in [0, 0.05) is 5.56 Å². The topological polar surface area (TPSA) is 9.23 Å². The van der Waals surface area contributed by atoms with Crippen LogP contribution in [0.25, 0.3) is 0 Å². The van der Waals surface area contributed by atoms with Crippen molar-refractivity contribution in [2.45, 2.75) is 52.6 Å². The van der Waals surface area contributed by atoms with E-state index in [1.807, 2.05) is 41.5 Å². The van der Waals surface area contributed by atoms with Gasteiger partial charge in [0.05, 0.1) is 0 Å². The Morgan fingerprint density at radius 2 is 1.47 bits per heavy atom. The first-order valence-corrected chi connectivity index (χ1v) is 5.70. The molecular weight excluding hydrogens is 222 g/mol. The summed E-state index contributed by atoms with van der Waals surface area (Å²) in [5.41, 5.74) is -0.185. The Bertz CT molecular complexity index is 411. The van der Waals surface area contributed by atoms with E-state index in [1.54, 1.807) is 6.07 Å². The van der Waals surface area contributed by atoms with Gasteiger partial charge in [-0.25, -0.2) is 4.39 Å².